The Hall–Kier alpha value is -6.31. The van der Waals surface area contributed by atoms with Crippen LogP contribution in [0.5, 0.6) is 0 Å². The van der Waals surface area contributed by atoms with Gasteiger partial charge in [0.25, 0.3) is 0 Å². The SMILES string of the molecule is C=C1C=C(c2ccccc2)Sc2cc3c(cc21)B1c2c(c4sc5ccccc5c4c4c5cc(C(C)(C)C)ccc5n-3c24)-c2cc3sc4ccccc4c3cc2N1c1ccc(C(C)(C)C)cc1. The molecule has 2 nitrogen and oxygen atoms in total. The Labute approximate surface area is 397 Å². The molecule has 0 radical (unpaired) electrons. The zero-order valence-corrected chi connectivity index (χ0v) is 40.3. The minimum Gasteiger partial charge on any atom is -0.376 e. The van der Waals surface area contributed by atoms with Gasteiger partial charge in [0.1, 0.15) is 0 Å². The molecule has 3 aromatic heterocycles. The van der Waals surface area contributed by atoms with Crippen LogP contribution >= 0.6 is 34.4 Å². The standard InChI is InChI=1S/C60H45BN2S3/c1-33-27-50(34-15-9-8-10-16-34)65-52-32-47-44(29-40(33)52)61-56-55(58-54(39-18-12-14-20-49(39)66-58)53-42-28-36(60(5,6)7)23-26-45(42)62(47)57(53)56)43-31-51-41(38-17-11-13-19-48(38)64-51)30-46(43)63(61)37-24-21-35(22-25-37)59(2,3)4/h8-32H,1H2,2-7H3. The highest BCUT2D eigenvalue weighted by Crippen LogP contribution is 2.55. The highest BCUT2D eigenvalue weighted by atomic mass is 32.2. The van der Waals surface area contributed by atoms with E-state index >= 15 is 0 Å². The second kappa shape index (κ2) is 13.4. The van der Waals surface area contributed by atoms with E-state index in [2.05, 4.69) is 203 Å². The van der Waals surface area contributed by atoms with Gasteiger partial charge in [-0.25, -0.2) is 0 Å². The summed E-state index contributed by atoms with van der Waals surface area (Å²) in [4.78, 5) is 5.19. The average Bonchev–Trinajstić information content (AvgIpc) is 3.99. The maximum absolute atomic E-state index is 4.78. The van der Waals surface area contributed by atoms with Crippen molar-refractivity contribution < 1.29 is 0 Å². The fourth-order valence-electron chi connectivity index (χ4n) is 11.4. The number of thiophene rings is 2. The van der Waals surface area contributed by atoms with Gasteiger partial charge in [-0.3, -0.25) is 0 Å². The van der Waals surface area contributed by atoms with Crippen molar-refractivity contribution in [3.8, 4) is 16.8 Å². The van der Waals surface area contributed by atoms with E-state index in [1.807, 2.05) is 34.4 Å². The van der Waals surface area contributed by atoms with Gasteiger partial charge in [0, 0.05) is 89.1 Å². The summed E-state index contributed by atoms with van der Waals surface area (Å²) in [6, 6.07) is 55.9. The van der Waals surface area contributed by atoms with Crippen LogP contribution in [-0.4, -0.2) is 11.4 Å². The topological polar surface area (TPSA) is 8.17 Å². The number of aromatic nitrogens is 1. The predicted octanol–water partition coefficient (Wildman–Crippen LogP) is 16.5. The Morgan fingerprint density at radius 1 is 0.561 bits per heavy atom. The zero-order valence-electron chi connectivity index (χ0n) is 37.8. The van der Waals surface area contributed by atoms with E-state index in [-0.39, 0.29) is 17.7 Å². The fourth-order valence-corrected chi connectivity index (χ4v) is 14.9. The summed E-state index contributed by atoms with van der Waals surface area (Å²) in [6.45, 7) is 18.6. The summed E-state index contributed by atoms with van der Waals surface area (Å²) in [5, 5.41) is 8.04. The van der Waals surface area contributed by atoms with Crippen molar-refractivity contribution in [2.75, 3.05) is 4.81 Å². The first kappa shape index (κ1) is 38.9. The van der Waals surface area contributed by atoms with Crippen molar-refractivity contribution in [2.24, 2.45) is 0 Å². The molecule has 316 valence electrons. The van der Waals surface area contributed by atoms with Crippen LogP contribution in [0, 0.1) is 0 Å². The molecule has 0 saturated heterocycles. The lowest BCUT2D eigenvalue weighted by atomic mass is 9.43. The number of anilines is 2. The lowest BCUT2D eigenvalue weighted by Crippen LogP contribution is -2.60. The molecular formula is C60H45BN2S3. The van der Waals surface area contributed by atoms with Crippen LogP contribution in [0.3, 0.4) is 0 Å². The van der Waals surface area contributed by atoms with Crippen molar-refractivity contribution in [1.82, 2.24) is 4.57 Å². The van der Waals surface area contributed by atoms with Crippen LogP contribution in [0.15, 0.2) is 163 Å². The van der Waals surface area contributed by atoms with E-state index in [1.165, 1.54) is 133 Å². The monoisotopic (exact) mass is 900 g/mol. The number of allylic oxidation sites excluding steroid dienone is 2. The lowest BCUT2D eigenvalue weighted by molar-refractivity contribution is 0.590. The molecule has 0 aliphatic carbocycles. The molecule has 0 bridgehead atoms. The Morgan fingerprint density at radius 3 is 2.02 bits per heavy atom. The number of hydrogen-bond donors (Lipinski definition) is 0. The van der Waals surface area contributed by atoms with Crippen LogP contribution in [0.2, 0.25) is 0 Å². The van der Waals surface area contributed by atoms with E-state index in [0.717, 1.165) is 5.57 Å². The van der Waals surface area contributed by atoms with Gasteiger partial charge in [0.15, 0.2) is 0 Å². The molecule has 0 atom stereocenters. The number of rotatable bonds is 2. The van der Waals surface area contributed by atoms with E-state index in [0.29, 0.717) is 0 Å². The van der Waals surface area contributed by atoms with Crippen LogP contribution in [0.1, 0.15) is 63.8 Å². The van der Waals surface area contributed by atoms with Crippen LogP contribution in [0.25, 0.3) is 89.4 Å². The zero-order chi connectivity index (χ0) is 44.5. The molecule has 0 amide bonds. The van der Waals surface area contributed by atoms with Crippen LogP contribution in [-0.2, 0) is 10.8 Å². The molecule has 3 aliphatic heterocycles. The van der Waals surface area contributed by atoms with Gasteiger partial charge < -0.3 is 9.38 Å². The van der Waals surface area contributed by atoms with Gasteiger partial charge in [0.2, 0.25) is 0 Å². The van der Waals surface area contributed by atoms with E-state index in [1.54, 1.807) is 0 Å². The van der Waals surface area contributed by atoms with Gasteiger partial charge in [-0.15, -0.1) is 22.7 Å². The highest BCUT2D eigenvalue weighted by Gasteiger charge is 2.46. The summed E-state index contributed by atoms with van der Waals surface area (Å²) in [5.41, 5.74) is 17.9. The Kier molecular flexibility index (Phi) is 7.91. The normalized spacial score (nSPS) is 14.5. The molecule has 14 rings (SSSR count). The maximum Gasteiger partial charge on any atom is 0.333 e. The van der Waals surface area contributed by atoms with Crippen molar-refractivity contribution in [3.63, 3.8) is 0 Å². The molecule has 0 fully saturated rings. The number of hydrogen-bond acceptors (Lipinski definition) is 4. The summed E-state index contributed by atoms with van der Waals surface area (Å²) in [6.07, 6.45) is 2.30. The first-order valence-electron chi connectivity index (χ1n) is 23.0. The van der Waals surface area contributed by atoms with Gasteiger partial charge in [-0.05, 0) is 110 Å². The molecule has 0 N–H and O–H groups in total. The van der Waals surface area contributed by atoms with Crippen molar-refractivity contribution in [3.05, 3.63) is 181 Å². The Bertz CT molecular complexity index is 4000. The molecule has 0 unspecified atom stereocenters. The molecular weight excluding hydrogens is 856 g/mol. The third kappa shape index (κ3) is 5.32. The molecule has 6 heterocycles. The highest BCUT2D eigenvalue weighted by molar-refractivity contribution is 8.08. The summed E-state index contributed by atoms with van der Waals surface area (Å²) >= 11 is 5.76. The summed E-state index contributed by atoms with van der Waals surface area (Å²) in [5.74, 6) is 0. The van der Waals surface area contributed by atoms with Crippen LogP contribution < -0.4 is 15.7 Å². The van der Waals surface area contributed by atoms with E-state index in [4.69, 9.17) is 6.58 Å². The predicted molar refractivity (Wildman–Crippen MR) is 292 cm³/mol. The van der Waals surface area contributed by atoms with E-state index < -0.39 is 0 Å². The minimum atomic E-state index is -0.121. The lowest BCUT2D eigenvalue weighted by Gasteiger charge is -2.42. The van der Waals surface area contributed by atoms with Crippen molar-refractivity contribution >= 4 is 136 Å². The maximum atomic E-state index is 4.78. The second-order valence-electron chi connectivity index (χ2n) is 20.6. The molecule has 11 aromatic rings. The smallest absolute Gasteiger partial charge is 0.333 e. The third-order valence-corrected chi connectivity index (χ3v) is 18.0. The van der Waals surface area contributed by atoms with Gasteiger partial charge in [-0.1, -0.05) is 151 Å². The summed E-state index contributed by atoms with van der Waals surface area (Å²) in [7, 11) is 0. The van der Waals surface area contributed by atoms with E-state index in [9.17, 15) is 0 Å². The second-order valence-corrected chi connectivity index (χ2v) is 23.8. The van der Waals surface area contributed by atoms with Crippen molar-refractivity contribution in [2.45, 2.75) is 57.3 Å². The first-order valence-corrected chi connectivity index (χ1v) is 25.5. The Morgan fingerprint density at radius 2 is 1.26 bits per heavy atom. The summed E-state index contributed by atoms with van der Waals surface area (Å²) < 4.78 is 8.03. The van der Waals surface area contributed by atoms with Crippen molar-refractivity contribution in [1.29, 1.82) is 0 Å². The molecule has 3 aliphatic rings. The largest absolute Gasteiger partial charge is 0.376 e. The molecule has 8 aromatic carbocycles. The molecule has 6 heteroatoms. The average molecular weight is 901 g/mol. The number of thioether (sulfide) groups is 1. The molecule has 0 spiro atoms. The van der Waals surface area contributed by atoms with Gasteiger partial charge in [0.05, 0.1) is 11.0 Å². The quantitative estimate of drug-likeness (QED) is 0.160. The minimum absolute atomic E-state index is 0.0197. The van der Waals surface area contributed by atoms with Gasteiger partial charge in [-0.2, -0.15) is 0 Å². The number of nitrogens with zero attached hydrogens (tertiary/aromatic N) is 2. The number of benzene rings is 8. The van der Waals surface area contributed by atoms with Crippen LogP contribution in [0.4, 0.5) is 11.4 Å². The first-order chi connectivity index (χ1) is 31.9. The van der Waals surface area contributed by atoms with Gasteiger partial charge >= 0.3 is 6.85 Å². The number of fused-ring (bicyclic) bond motifs is 17. The molecule has 66 heavy (non-hydrogen) atoms. The fraction of sp³-hybridized carbons (Fsp3) is 0.133. The molecule has 0 saturated carbocycles. The third-order valence-electron chi connectivity index (χ3n) is 14.6. The Balaban J connectivity index is 1.19.